The van der Waals surface area contributed by atoms with Gasteiger partial charge in [-0.3, -0.25) is 4.79 Å². The van der Waals surface area contributed by atoms with Crippen LogP contribution in [0, 0.1) is 12.0 Å². The van der Waals surface area contributed by atoms with Gasteiger partial charge in [-0.2, -0.15) is 13.2 Å². The molecule has 2 nitrogen and oxygen atoms in total. The summed E-state index contributed by atoms with van der Waals surface area (Å²) in [5.74, 6) is 0.160. The van der Waals surface area contributed by atoms with Gasteiger partial charge in [0.15, 0.2) is 0 Å². The molecule has 1 aliphatic heterocycles. The van der Waals surface area contributed by atoms with Gasteiger partial charge in [-0.15, -0.1) is 0 Å². The van der Waals surface area contributed by atoms with E-state index in [0.29, 0.717) is 12.0 Å². The highest BCUT2D eigenvalue weighted by Gasteiger charge is 2.36. The second kappa shape index (κ2) is 8.21. The van der Waals surface area contributed by atoms with Crippen molar-refractivity contribution in [3.8, 4) is 0 Å². The zero-order valence-corrected chi connectivity index (χ0v) is 16.3. The summed E-state index contributed by atoms with van der Waals surface area (Å²) < 4.78 is 39.3. The Morgan fingerprint density at radius 2 is 1.83 bits per heavy atom. The Bertz CT molecular complexity index is 870. The molecule has 1 radical (unpaired) electrons. The molecule has 0 saturated heterocycles. The number of hydrogen-bond acceptors (Lipinski definition) is 1. The van der Waals surface area contributed by atoms with E-state index >= 15 is 0 Å². The fourth-order valence-electron chi connectivity index (χ4n) is 4.72. The average Bonchev–Trinajstić information content (AvgIpc) is 2.73. The first-order chi connectivity index (χ1) is 13.9. The molecule has 0 spiro atoms. The van der Waals surface area contributed by atoms with E-state index < -0.39 is 11.7 Å². The van der Waals surface area contributed by atoms with Crippen molar-refractivity contribution in [3.63, 3.8) is 0 Å². The summed E-state index contributed by atoms with van der Waals surface area (Å²) in [6.07, 6.45) is 2.73. The quantitative estimate of drug-likeness (QED) is 0.621. The van der Waals surface area contributed by atoms with E-state index in [0.717, 1.165) is 49.8 Å². The molecule has 4 rings (SSSR count). The second-order valence-electron chi connectivity index (χ2n) is 8.18. The van der Waals surface area contributed by atoms with Gasteiger partial charge in [0.1, 0.15) is 0 Å². The highest BCUT2D eigenvalue weighted by molar-refractivity contribution is 5.97. The normalized spacial score (nSPS) is 20.4. The molecule has 0 N–H and O–H groups in total. The first-order valence-corrected chi connectivity index (χ1v) is 10.4. The molecule has 1 atom stereocenters. The zero-order valence-electron chi connectivity index (χ0n) is 16.3. The van der Waals surface area contributed by atoms with Crippen LogP contribution in [0.1, 0.15) is 55.2 Å². The number of carbonyl (C=O) groups is 1. The van der Waals surface area contributed by atoms with Crippen LogP contribution in [-0.4, -0.2) is 11.9 Å². The number of rotatable bonds is 3. The standard InChI is InChI=1S/C24H25F3NO/c25-24(26,27)20-11-6-7-17(15-20)16-21-14-13-18-8-4-5-12-22(18)28(21)23(29)19-9-2-1-3-10-19/h4-8,12,15,19,21H,1-3,9-10,13-14,16H2. The fraction of sp³-hybridized carbons (Fsp3) is 0.458. The molecule has 1 heterocycles. The van der Waals surface area contributed by atoms with E-state index in [1.54, 1.807) is 6.07 Å². The number of para-hydroxylation sites is 1. The number of carbonyl (C=O) groups excluding carboxylic acids is 1. The Balaban J connectivity index is 1.64. The van der Waals surface area contributed by atoms with E-state index in [4.69, 9.17) is 0 Å². The van der Waals surface area contributed by atoms with Crippen LogP contribution in [0.5, 0.6) is 0 Å². The molecule has 153 valence electrons. The summed E-state index contributed by atoms with van der Waals surface area (Å²) in [5, 5.41) is 0. The molecule has 2 aromatic rings. The molecule has 5 heteroatoms. The summed E-state index contributed by atoms with van der Waals surface area (Å²) in [7, 11) is 0. The minimum Gasteiger partial charge on any atom is -0.309 e. The Kier molecular flexibility index (Phi) is 5.66. The third kappa shape index (κ3) is 4.34. The van der Waals surface area contributed by atoms with E-state index in [1.165, 1.54) is 18.6 Å². The van der Waals surface area contributed by atoms with Crippen LogP contribution in [0.4, 0.5) is 18.9 Å². The summed E-state index contributed by atoms with van der Waals surface area (Å²) in [6.45, 7) is 0. The highest BCUT2D eigenvalue weighted by Crippen LogP contribution is 2.36. The Morgan fingerprint density at radius 1 is 1.07 bits per heavy atom. The van der Waals surface area contributed by atoms with Crippen molar-refractivity contribution in [2.75, 3.05) is 4.90 Å². The number of anilines is 1. The van der Waals surface area contributed by atoms with Gasteiger partial charge in [-0.05, 0) is 61.4 Å². The lowest BCUT2D eigenvalue weighted by molar-refractivity contribution is -0.137. The minimum atomic E-state index is -4.41. The molecule has 0 aromatic heterocycles. The first kappa shape index (κ1) is 20.0. The summed E-state index contributed by atoms with van der Waals surface area (Å²) in [6, 6.07) is 14.3. The van der Waals surface area contributed by atoms with Gasteiger partial charge in [-0.25, -0.2) is 0 Å². The van der Waals surface area contributed by atoms with Crippen LogP contribution in [0.25, 0.3) is 0 Å². The minimum absolute atomic E-state index is 0.0206. The van der Waals surface area contributed by atoms with Crippen LogP contribution in [0.3, 0.4) is 0 Å². The number of amides is 1. The van der Waals surface area contributed by atoms with Crippen molar-refractivity contribution in [1.29, 1.82) is 0 Å². The lowest BCUT2D eigenvalue weighted by Gasteiger charge is -2.40. The number of fused-ring (bicyclic) bond motifs is 1. The molecule has 1 amide bonds. The van der Waals surface area contributed by atoms with Crippen LogP contribution in [0.2, 0.25) is 0 Å². The van der Waals surface area contributed by atoms with Crippen LogP contribution in [0.15, 0.2) is 42.5 Å². The molecular formula is C24H25F3NO. The van der Waals surface area contributed by atoms with Gasteiger partial charge in [0, 0.05) is 17.6 Å². The van der Waals surface area contributed by atoms with Crippen LogP contribution < -0.4 is 4.90 Å². The number of nitrogens with zero attached hydrogens (tertiary/aromatic N) is 1. The van der Waals surface area contributed by atoms with Crippen molar-refractivity contribution in [1.82, 2.24) is 0 Å². The monoisotopic (exact) mass is 400 g/mol. The van der Waals surface area contributed by atoms with E-state index in [1.807, 2.05) is 29.2 Å². The van der Waals surface area contributed by atoms with E-state index in [9.17, 15) is 18.0 Å². The SMILES string of the molecule is O=C(C1CCCCC1)N1c2ccccc2CCC1Cc1cc[c]c(C(F)(F)F)c1. The van der Waals surface area contributed by atoms with Gasteiger partial charge in [0.25, 0.3) is 0 Å². The maximum atomic E-state index is 13.5. The maximum absolute atomic E-state index is 13.5. The van der Waals surface area contributed by atoms with Crippen molar-refractivity contribution >= 4 is 11.6 Å². The molecular weight excluding hydrogens is 375 g/mol. The number of aryl methyl sites for hydroxylation is 1. The lowest BCUT2D eigenvalue weighted by atomic mass is 9.85. The second-order valence-corrected chi connectivity index (χ2v) is 8.18. The Hall–Kier alpha value is -2.30. The molecule has 0 bridgehead atoms. The van der Waals surface area contributed by atoms with Crippen LogP contribution >= 0.6 is 0 Å². The van der Waals surface area contributed by atoms with Crippen molar-refractivity contribution in [3.05, 3.63) is 65.2 Å². The summed E-state index contributed by atoms with van der Waals surface area (Å²) in [5.41, 5.74) is 1.92. The topological polar surface area (TPSA) is 20.3 Å². The molecule has 2 aromatic carbocycles. The predicted octanol–water partition coefficient (Wildman–Crippen LogP) is 5.98. The number of hydrogen-bond donors (Lipinski definition) is 0. The summed E-state index contributed by atoms with van der Waals surface area (Å²) in [4.78, 5) is 15.4. The van der Waals surface area contributed by atoms with Crippen molar-refractivity contribution < 1.29 is 18.0 Å². The number of alkyl halides is 3. The van der Waals surface area contributed by atoms with Crippen molar-refractivity contribution in [2.24, 2.45) is 5.92 Å². The van der Waals surface area contributed by atoms with Gasteiger partial charge in [-0.1, -0.05) is 49.6 Å². The lowest BCUT2D eigenvalue weighted by Crippen LogP contribution is -2.48. The Morgan fingerprint density at radius 3 is 2.59 bits per heavy atom. The molecule has 2 aliphatic rings. The molecule has 1 unspecified atom stereocenters. The van der Waals surface area contributed by atoms with Crippen molar-refractivity contribution in [2.45, 2.75) is 63.6 Å². The third-order valence-corrected chi connectivity index (χ3v) is 6.20. The largest absolute Gasteiger partial charge is 0.417 e. The van der Waals surface area contributed by atoms with Gasteiger partial charge in [0.2, 0.25) is 5.91 Å². The molecule has 1 aliphatic carbocycles. The molecule has 1 saturated carbocycles. The van der Waals surface area contributed by atoms with Gasteiger partial charge in [0.05, 0.1) is 5.56 Å². The van der Waals surface area contributed by atoms with E-state index in [2.05, 4.69) is 6.07 Å². The van der Waals surface area contributed by atoms with Gasteiger partial charge < -0.3 is 4.90 Å². The highest BCUT2D eigenvalue weighted by atomic mass is 19.4. The summed E-state index contributed by atoms with van der Waals surface area (Å²) >= 11 is 0. The molecule has 29 heavy (non-hydrogen) atoms. The third-order valence-electron chi connectivity index (χ3n) is 6.20. The molecule has 1 fully saturated rings. The van der Waals surface area contributed by atoms with E-state index in [-0.39, 0.29) is 17.9 Å². The zero-order chi connectivity index (χ0) is 20.4. The van der Waals surface area contributed by atoms with Crippen LogP contribution in [-0.2, 0) is 23.8 Å². The fourth-order valence-corrected chi connectivity index (χ4v) is 4.72. The number of benzene rings is 2. The number of halogens is 3. The first-order valence-electron chi connectivity index (χ1n) is 10.4. The smallest absolute Gasteiger partial charge is 0.309 e. The average molecular weight is 400 g/mol. The van der Waals surface area contributed by atoms with Gasteiger partial charge >= 0.3 is 6.18 Å². The maximum Gasteiger partial charge on any atom is 0.417 e. The predicted molar refractivity (Wildman–Crippen MR) is 107 cm³/mol. The Labute approximate surface area is 169 Å².